The molecular weight excluding hydrogens is 284 g/mol. The molecule has 0 saturated carbocycles. The molecule has 6 nitrogen and oxygen atoms in total. The Labute approximate surface area is 127 Å². The number of carbonyl (C=O) groups excluding carboxylic acids is 1. The third kappa shape index (κ3) is 4.90. The van der Waals surface area contributed by atoms with E-state index in [4.69, 9.17) is 9.84 Å². The molecule has 6 heteroatoms. The maximum absolute atomic E-state index is 11.8. The highest BCUT2D eigenvalue weighted by Gasteiger charge is 2.19. The largest absolute Gasteiger partial charge is 0.481 e. The molecule has 2 aromatic rings. The van der Waals surface area contributed by atoms with Crippen molar-refractivity contribution in [3.63, 3.8) is 0 Å². The van der Waals surface area contributed by atoms with Crippen LogP contribution < -0.4 is 5.32 Å². The van der Waals surface area contributed by atoms with E-state index in [1.807, 2.05) is 30.3 Å². The van der Waals surface area contributed by atoms with E-state index in [0.717, 1.165) is 5.56 Å². The van der Waals surface area contributed by atoms with Crippen molar-refractivity contribution in [3.8, 4) is 0 Å². The number of aromatic nitrogens is 1. The normalized spacial score (nSPS) is 11.5. The number of aliphatic carboxylic acids is 1. The number of nitrogens with zero attached hydrogens (tertiary/aromatic N) is 1. The fourth-order valence-electron chi connectivity index (χ4n) is 1.92. The topological polar surface area (TPSA) is 88.5 Å². The summed E-state index contributed by atoms with van der Waals surface area (Å²) in [5, 5.41) is 11.5. The predicted molar refractivity (Wildman–Crippen MR) is 79.0 cm³/mol. The van der Waals surface area contributed by atoms with Crippen LogP contribution in [0.3, 0.4) is 0 Å². The average Bonchev–Trinajstić information content (AvgIpc) is 2.54. The van der Waals surface area contributed by atoms with Gasteiger partial charge in [0.25, 0.3) is 0 Å². The van der Waals surface area contributed by atoms with Crippen LogP contribution in [0.4, 0.5) is 4.79 Å². The smallest absolute Gasteiger partial charge is 0.407 e. The molecule has 1 unspecified atom stereocenters. The number of benzene rings is 1. The summed E-state index contributed by atoms with van der Waals surface area (Å²) < 4.78 is 5.10. The maximum atomic E-state index is 11.8. The van der Waals surface area contributed by atoms with Gasteiger partial charge in [-0.15, -0.1) is 0 Å². The molecule has 1 amide bonds. The first-order valence-corrected chi connectivity index (χ1v) is 6.74. The highest BCUT2D eigenvalue weighted by atomic mass is 16.5. The van der Waals surface area contributed by atoms with Crippen molar-refractivity contribution in [2.75, 3.05) is 0 Å². The monoisotopic (exact) mass is 300 g/mol. The van der Waals surface area contributed by atoms with Crippen molar-refractivity contribution < 1.29 is 19.4 Å². The van der Waals surface area contributed by atoms with Crippen molar-refractivity contribution in [1.29, 1.82) is 0 Å². The lowest BCUT2D eigenvalue weighted by Crippen LogP contribution is -2.30. The summed E-state index contributed by atoms with van der Waals surface area (Å²) in [6, 6.07) is 11.9. The molecular formula is C16H16N2O4. The first-order valence-electron chi connectivity index (χ1n) is 6.74. The highest BCUT2D eigenvalue weighted by Crippen LogP contribution is 2.16. The van der Waals surface area contributed by atoms with Crippen molar-refractivity contribution in [2.24, 2.45) is 0 Å². The van der Waals surface area contributed by atoms with E-state index in [1.54, 1.807) is 18.3 Å². The van der Waals surface area contributed by atoms with Gasteiger partial charge in [-0.05, 0) is 17.2 Å². The number of carboxylic acids is 1. The Morgan fingerprint density at radius 1 is 1.18 bits per heavy atom. The minimum atomic E-state index is -1.02. The maximum Gasteiger partial charge on any atom is 0.407 e. The zero-order chi connectivity index (χ0) is 15.8. The average molecular weight is 300 g/mol. The van der Waals surface area contributed by atoms with Gasteiger partial charge < -0.3 is 15.2 Å². The number of carboxylic acid groups (broad SMARTS) is 1. The fourth-order valence-corrected chi connectivity index (χ4v) is 1.92. The number of pyridine rings is 1. The number of ether oxygens (including phenoxy) is 1. The molecule has 0 radical (unpaired) electrons. The minimum absolute atomic E-state index is 0.125. The second-order valence-corrected chi connectivity index (χ2v) is 4.64. The number of alkyl carbamates (subject to hydrolysis) is 1. The zero-order valence-corrected chi connectivity index (χ0v) is 11.8. The zero-order valence-electron chi connectivity index (χ0n) is 11.8. The molecule has 22 heavy (non-hydrogen) atoms. The standard InChI is InChI=1S/C16H16N2O4/c19-15(20)9-14(13-7-4-8-17-10-13)18-16(21)22-11-12-5-2-1-3-6-12/h1-8,10,14H,9,11H2,(H,18,21)(H,19,20). The summed E-state index contributed by atoms with van der Waals surface area (Å²) in [7, 11) is 0. The van der Waals surface area contributed by atoms with E-state index >= 15 is 0 Å². The van der Waals surface area contributed by atoms with Gasteiger partial charge in [-0.25, -0.2) is 4.79 Å². The van der Waals surface area contributed by atoms with E-state index in [0.29, 0.717) is 5.56 Å². The van der Waals surface area contributed by atoms with Crippen LogP contribution in [0, 0.1) is 0 Å². The van der Waals surface area contributed by atoms with Crippen LogP contribution in [0.2, 0.25) is 0 Å². The first kappa shape index (κ1) is 15.5. The Hall–Kier alpha value is -2.89. The summed E-state index contributed by atoms with van der Waals surface area (Å²) in [4.78, 5) is 26.7. The molecule has 0 spiro atoms. The second kappa shape index (κ2) is 7.78. The van der Waals surface area contributed by atoms with E-state index in [9.17, 15) is 9.59 Å². The Balaban J connectivity index is 1.95. The van der Waals surface area contributed by atoms with Gasteiger partial charge in [0.05, 0.1) is 12.5 Å². The molecule has 114 valence electrons. The summed E-state index contributed by atoms with van der Waals surface area (Å²) in [6.45, 7) is 0.125. The van der Waals surface area contributed by atoms with Crippen LogP contribution in [0.25, 0.3) is 0 Å². The lowest BCUT2D eigenvalue weighted by atomic mass is 10.1. The van der Waals surface area contributed by atoms with E-state index in [-0.39, 0.29) is 13.0 Å². The minimum Gasteiger partial charge on any atom is -0.481 e. The number of nitrogens with one attached hydrogen (secondary N) is 1. The summed E-state index contributed by atoms with van der Waals surface area (Å²) in [5.41, 5.74) is 1.47. The van der Waals surface area contributed by atoms with Crippen LogP contribution >= 0.6 is 0 Å². The lowest BCUT2D eigenvalue weighted by Gasteiger charge is -2.16. The number of hydrogen-bond acceptors (Lipinski definition) is 4. The number of hydrogen-bond donors (Lipinski definition) is 2. The Kier molecular flexibility index (Phi) is 5.48. The second-order valence-electron chi connectivity index (χ2n) is 4.64. The van der Waals surface area contributed by atoms with Gasteiger partial charge in [0.15, 0.2) is 0 Å². The van der Waals surface area contributed by atoms with Crippen molar-refractivity contribution in [3.05, 3.63) is 66.0 Å². The first-order chi connectivity index (χ1) is 10.6. The number of rotatable bonds is 6. The van der Waals surface area contributed by atoms with Gasteiger partial charge in [-0.1, -0.05) is 36.4 Å². The van der Waals surface area contributed by atoms with Crippen LogP contribution in [0.5, 0.6) is 0 Å². The lowest BCUT2D eigenvalue weighted by molar-refractivity contribution is -0.137. The van der Waals surface area contributed by atoms with Crippen LogP contribution in [0.1, 0.15) is 23.6 Å². The molecule has 0 saturated heterocycles. The van der Waals surface area contributed by atoms with Crippen LogP contribution in [-0.4, -0.2) is 22.2 Å². The van der Waals surface area contributed by atoms with Gasteiger partial charge in [0.1, 0.15) is 6.61 Å². The molecule has 2 rings (SSSR count). The van der Waals surface area contributed by atoms with E-state index < -0.39 is 18.1 Å². The van der Waals surface area contributed by atoms with Gasteiger partial charge in [-0.2, -0.15) is 0 Å². The molecule has 1 aromatic heterocycles. The van der Waals surface area contributed by atoms with Crippen molar-refractivity contribution >= 4 is 12.1 Å². The molecule has 1 atom stereocenters. The van der Waals surface area contributed by atoms with Gasteiger partial charge in [-0.3, -0.25) is 9.78 Å². The van der Waals surface area contributed by atoms with E-state index in [2.05, 4.69) is 10.3 Å². The van der Waals surface area contributed by atoms with Gasteiger partial charge in [0, 0.05) is 12.4 Å². The molecule has 0 bridgehead atoms. The van der Waals surface area contributed by atoms with Gasteiger partial charge >= 0.3 is 12.1 Å². The molecule has 0 fully saturated rings. The Bertz CT molecular complexity index is 617. The molecule has 2 N–H and O–H groups in total. The predicted octanol–water partition coefficient (Wildman–Crippen LogP) is 2.52. The Morgan fingerprint density at radius 3 is 2.59 bits per heavy atom. The van der Waals surface area contributed by atoms with E-state index in [1.165, 1.54) is 6.20 Å². The third-order valence-electron chi connectivity index (χ3n) is 2.97. The molecule has 0 aliphatic heterocycles. The van der Waals surface area contributed by atoms with Crippen LogP contribution in [-0.2, 0) is 16.1 Å². The number of amides is 1. The van der Waals surface area contributed by atoms with Crippen molar-refractivity contribution in [2.45, 2.75) is 19.1 Å². The summed E-state index contributed by atoms with van der Waals surface area (Å²) in [6.07, 6.45) is 2.19. The fraction of sp³-hybridized carbons (Fsp3) is 0.188. The summed E-state index contributed by atoms with van der Waals surface area (Å²) >= 11 is 0. The van der Waals surface area contributed by atoms with Crippen LogP contribution in [0.15, 0.2) is 54.9 Å². The molecule has 0 aliphatic carbocycles. The number of carbonyl (C=O) groups is 2. The quantitative estimate of drug-likeness (QED) is 0.855. The summed E-state index contributed by atoms with van der Waals surface area (Å²) in [5.74, 6) is -1.02. The van der Waals surface area contributed by atoms with Crippen molar-refractivity contribution in [1.82, 2.24) is 10.3 Å². The SMILES string of the molecule is O=C(O)CC(NC(=O)OCc1ccccc1)c1cccnc1. The highest BCUT2D eigenvalue weighted by molar-refractivity contribution is 5.71. The Morgan fingerprint density at radius 2 is 1.95 bits per heavy atom. The van der Waals surface area contributed by atoms with Gasteiger partial charge in [0.2, 0.25) is 0 Å². The third-order valence-corrected chi connectivity index (χ3v) is 2.97. The molecule has 0 aliphatic rings. The molecule has 1 heterocycles. The molecule has 1 aromatic carbocycles.